The maximum atomic E-state index is 5.36. The van der Waals surface area contributed by atoms with Crippen molar-refractivity contribution < 1.29 is 9.47 Å². The van der Waals surface area contributed by atoms with E-state index in [2.05, 4.69) is 6.92 Å². The normalized spacial score (nSPS) is 36.7. The minimum Gasteiger partial charge on any atom is -0.379 e. The van der Waals surface area contributed by atoms with E-state index < -0.39 is 0 Å². The zero-order chi connectivity index (χ0) is 6.69. The van der Waals surface area contributed by atoms with Crippen LogP contribution in [0.25, 0.3) is 0 Å². The molecule has 0 aromatic carbocycles. The largest absolute Gasteiger partial charge is 0.379 e. The summed E-state index contributed by atoms with van der Waals surface area (Å²) in [6.07, 6.45) is 3.08. The van der Waals surface area contributed by atoms with Gasteiger partial charge in [-0.1, -0.05) is 0 Å². The highest BCUT2D eigenvalue weighted by Crippen LogP contribution is 2.14. The third-order valence-corrected chi connectivity index (χ3v) is 1.80. The maximum absolute atomic E-state index is 5.36. The Kier molecular flexibility index (Phi) is 2.49. The van der Waals surface area contributed by atoms with Crippen molar-refractivity contribution in [2.24, 2.45) is 0 Å². The summed E-state index contributed by atoms with van der Waals surface area (Å²) in [5.74, 6) is 0. The van der Waals surface area contributed by atoms with Crippen molar-refractivity contribution in [3.63, 3.8) is 0 Å². The van der Waals surface area contributed by atoms with Gasteiger partial charge in [0.05, 0.1) is 18.8 Å². The van der Waals surface area contributed by atoms with Crippen molar-refractivity contribution in [1.82, 2.24) is 0 Å². The molecule has 0 saturated carbocycles. The van der Waals surface area contributed by atoms with Crippen LogP contribution in [-0.2, 0) is 9.47 Å². The molecule has 1 fully saturated rings. The molecule has 0 aromatic rings. The maximum Gasteiger partial charge on any atom is 0.0805 e. The van der Waals surface area contributed by atoms with E-state index in [1.54, 1.807) is 7.11 Å². The zero-order valence-corrected chi connectivity index (χ0v) is 6.09. The zero-order valence-electron chi connectivity index (χ0n) is 6.09. The minimum absolute atomic E-state index is 0.348. The lowest BCUT2D eigenvalue weighted by Crippen LogP contribution is -2.28. The molecule has 2 unspecified atom stereocenters. The van der Waals surface area contributed by atoms with Gasteiger partial charge in [0.15, 0.2) is 0 Å². The summed E-state index contributed by atoms with van der Waals surface area (Å²) in [6.45, 7) is 2.88. The Labute approximate surface area is 56.2 Å². The molecular weight excluding hydrogens is 116 g/mol. The molecule has 1 saturated heterocycles. The third-order valence-electron chi connectivity index (χ3n) is 1.80. The second-order valence-corrected chi connectivity index (χ2v) is 2.58. The predicted octanol–water partition coefficient (Wildman–Crippen LogP) is 1.20. The minimum atomic E-state index is 0.348. The molecule has 0 aliphatic carbocycles. The van der Waals surface area contributed by atoms with Crippen molar-refractivity contribution in [3.8, 4) is 0 Å². The van der Waals surface area contributed by atoms with Crippen LogP contribution in [-0.4, -0.2) is 25.9 Å². The highest BCUT2D eigenvalue weighted by atomic mass is 16.5. The van der Waals surface area contributed by atoms with Gasteiger partial charge >= 0.3 is 0 Å². The lowest BCUT2D eigenvalue weighted by Gasteiger charge is -2.25. The van der Waals surface area contributed by atoms with Crippen LogP contribution in [0.15, 0.2) is 0 Å². The Bertz CT molecular complexity index is 75.0. The molecule has 1 aliphatic rings. The second kappa shape index (κ2) is 3.18. The summed E-state index contributed by atoms with van der Waals surface area (Å²) in [5.41, 5.74) is 0. The van der Waals surface area contributed by atoms with Gasteiger partial charge in [0.25, 0.3) is 0 Å². The SMILES string of the molecule is COC1CCC(C)OC1. The molecular formula is C7H14O2. The van der Waals surface area contributed by atoms with Crippen LogP contribution in [0.5, 0.6) is 0 Å². The molecule has 2 atom stereocenters. The van der Waals surface area contributed by atoms with E-state index in [0.29, 0.717) is 12.2 Å². The van der Waals surface area contributed by atoms with Gasteiger partial charge in [-0.3, -0.25) is 0 Å². The van der Waals surface area contributed by atoms with Crippen molar-refractivity contribution in [3.05, 3.63) is 0 Å². The van der Waals surface area contributed by atoms with Gasteiger partial charge in [-0.05, 0) is 19.8 Å². The van der Waals surface area contributed by atoms with E-state index in [-0.39, 0.29) is 0 Å². The fourth-order valence-electron chi connectivity index (χ4n) is 1.04. The summed E-state index contributed by atoms with van der Waals surface area (Å²) in [6, 6.07) is 0. The average Bonchev–Trinajstić information content (AvgIpc) is 1.90. The van der Waals surface area contributed by atoms with Crippen LogP contribution in [0.1, 0.15) is 19.8 Å². The monoisotopic (exact) mass is 130 g/mol. The summed E-state index contributed by atoms with van der Waals surface area (Å²) in [4.78, 5) is 0. The molecule has 0 N–H and O–H groups in total. The Morgan fingerprint density at radius 3 is 2.67 bits per heavy atom. The lowest BCUT2D eigenvalue weighted by molar-refractivity contribution is -0.0641. The quantitative estimate of drug-likeness (QED) is 0.531. The average molecular weight is 130 g/mol. The van der Waals surface area contributed by atoms with E-state index in [0.717, 1.165) is 19.4 Å². The second-order valence-electron chi connectivity index (χ2n) is 2.58. The first kappa shape index (κ1) is 7.03. The van der Waals surface area contributed by atoms with E-state index in [1.165, 1.54) is 0 Å². The molecule has 0 radical (unpaired) electrons. The van der Waals surface area contributed by atoms with Crippen LogP contribution >= 0.6 is 0 Å². The van der Waals surface area contributed by atoms with Crippen molar-refractivity contribution in [1.29, 1.82) is 0 Å². The number of ether oxygens (including phenoxy) is 2. The van der Waals surface area contributed by atoms with E-state index in [1.807, 2.05) is 0 Å². The molecule has 0 aromatic heterocycles. The highest BCUT2D eigenvalue weighted by Gasteiger charge is 2.16. The van der Waals surface area contributed by atoms with Gasteiger partial charge in [0, 0.05) is 7.11 Å². The molecule has 2 heteroatoms. The first-order valence-electron chi connectivity index (χ1n) is 3.47. The van der Waals surface area contributed by atoms with Crippen LogP contribution in [0.4, 0.5) is 0 Å². The molecule has 2 nitrogen and oxygen atoms in total. The van der Waals surface area contributed by atoms with Gasteiger partial charge in [-0.15, -0.1) is 0 Å². The molecule has 9 heavy (non-hydrogen) atoms. The fourth-order valence-corrected chi connectivity index (χ4v) is 1.04. The van der Waals surface area contributed by atoms with Gasteiger partial charge < -0.3 is 9.47 Å². The Hall–Kier alpha value is -0.0800. The Morgan fingerprint density at radius 1 is 1.44 bits per heavy atom. The third kappa shape index (κ3) is 1.95. The molecule has 1 rings (SSSR count). The standard InChI is InChI=1S/C7H14O2/c1-6-3-4-7(8-2)5-9-6/h6-7H,3-5H2,1-2H3. The van der Waals surface area contributed by atoms with Crippen molar-refractivity contribution in [2.45, 2.75) is 32.0 Å². The van der Waals surface area contributed by atoms with Gasteiger partial charge in [-0.2, -0.15) is 0 Å². The van der Waals surface area contributed by atoms with Crippen molar-refractivity contribution >= 4 is 0 Å². The molecule has 0 bridgehead atoms. The molecule has 0 amide bonds. The fraction of sp³-hybridized carbons (Fsp3) is 1.00. The highest BCUT2D eigenvalue weighted by molar-refractivity contribution is 4.66. The first-order chi connectivity index (χ1) is 4.33. The van der Waals surface area contributed by atoms with E-state index in [4.69, 9.17) is 9.47 Å². The number of methoxy groups -OCH3 is 1. The van der Waals surface area contributed by atoms with Crippen molar-refractivity contribution in [2.75, 3.05) is 13.7 Å². The lowest BCUT2D eigenvalue weighted by atomic mass is 10.1. The van der Waals surface area contributed by atoms with E-state index >= 15 is 0 Å². The van der Waals surface area contributed by atoms with Crippen LogP contribution in [0, 0.1) is 0 Å². The van der Waals surface area contributed by atoms with Gasteiger partial charge in [-0.25, -0.2) is 0 Å². The summed E-state index contributed by atoms with van der Waals surface area (Å²) in [7, 11) is 1.74. The Balaban J connectivity index is 2.18. The summed E-state index contributed by atoms with van der Waals surface area (Å²) < 4.78 is 10.5. The summed E-state index contributed by atoms with van der Waals surface area (Å²) in [5, 5.41) is 0. The topological polar surface area (TPSA) is 18.5 Å². The Morgan fingerprint density at radius 2 is 2.22 bits per heavy atom. The van der Waals surface area contributed by atoms with Crippen LogP contribution < -0.4 is 0 Å². The number of hydrogen-bond donors (Lipinski definition) is 0. The predicted molar refractivity (Wildman–Crippen MR) is 35.4 cm³/mol. The smallest absolute Gasteiger partial charge is 0.0805 e. The van der Waals surface area contributed by atoms with Gasteiger partial charge in [0.2, 0.25) is 0 Å². The van der Waals surface area contributed by atoms with Crippen LogP contribution in [0.3, 0.4) is 0 Å². The van der Waals surface area contributed by atoms with Crippen LogP contribution in [0.2, 0.25) is 0 Å². The molecule has 0 spiro atoms. The summed E-state index contributed by atoms with van der Waals surface area (Å²) >= 11 is 0. The van der Waals surface area contributed by atoms with E-state index in [9.17, 15) is 0 Å². The molecule has 1 aliphatic heterocycles. The molecule has 54 valence electrons. The van der Waals surface area contributed by atoms with Gasteiger partial charge in [0.1, 0.15) is 0 Å². The number of rotatable bonds is 1. The number of hydrogen-bond acceptors (Lipinski definition) is 2. The molecule has 1 heterocycles. The first-order valence-corrected chi connectivity index (χ1v) is 3.47.